The van der Waals surface area contributed by atoms with Gasteiger partial charge in [0.2, 0.25) is 9.84 Å². The van der Waals surface area contributed by atoms with Crippen LogP contribution in [-0.2, 0) is 19.4 Å². The van der Waals surface area contributed by atoms with Gasteiger partial charge < -0.3 is 19.1 Å². The van der Waals surface area contributed by atoms with Crippen molar-refractivity contribution in [1.82, 2.24) is 4.98 Å². The number of ether oxygens (including phenoxy) is 3. The average molecular weight is 485 g/mol. The number of rotatable bonds is 7. The first kappa shape index (κ1) is 23.8. The summed E-state index contributed by atoms with van der Waals surface area (Å²) in [6.45, 7) is 3.03. The van der Waals surface area contributed by atoms with Crippen molar-refractivity contribution in [2.24, 2.45) is 5.92 Å². The van der Waals surface area contributed by atoms with Crippen molar-refractivity contribution < 1.29 is 27.4 Å². The Kier molecular flexibility index (Phi) is 6.92. The van der Waals surface area contributed by atoms with Crippen LogP contribution in [-0.4, -0.2) is 53.3 Å². The molecule has 1 atom stereocenters. The van der Waals surface area contributed by atoms with Crippen molar-refractivity contribution in [2.45, 2.75) is 29.6 Å². The Labute approximate surface area is 199 Å². The number of aromatic nitrogens is 1. The minimum absolute atomic E-state index is 0.0860. The van der Waals surface area contributed by atoms with Gasteiger partial charge in [-0.2, -0.15) is 0 Å². The molecule has 34 heavy (non-hydrogen) atoms. The zero-order valence-corrected chi connectivity index (χ0v) is 20.3. The van der Waals surface area contributed by atoms with E-state index < -0.39 is 9.84 Å². The van der Waals surface area contributed by atoms with Crippen LogP contribution in [0.25, 0.3) is 10.9 Å². The lowest BCUT2D eigenvalue weighted by atomic mass is 9.97. The molecule has 1 aliphatic heterocycles. The van der Waals surface area contributed by atoms with Crippen LogP contribution in [0.1, 0.15) is 19.8 Å². The maximum absolute atomic E-state index is 13.7. The van der Waals surface area contributed by atoms with E-state index in [9.17, 15) is 13.2 Å². The van der Waals surface area contributed by atoms with Gasteiger partial charge in [-0.05, 0) is 38.0 Å². The van der Waals surface area contributed by atoms with Gasteiger partial charge in [0.15, 0.2) is 11.5 Å². The lowest BCUT2D eigenvalue weighted by molar-refractivity contribution is -0.148. The molecule has 0 aliphatic carbocycles. The Balaban J connectivity index is 1.94. The van der Waals surface area contributed by atoms with Crippen LogP contribution in [0.4, 0.5) is 5.69 Å². The molecule has 9 heteroatoms. The lowest BCUT2D eigenvalue weighted by Crippen LogP contribution is -2.40. The van der Waals surface area contributed by atoms with E-state index in [0.29, 0.717) is 54.2 Å². The number of hydrogen-bond donors (Lipinski definition) is 0. The fourth-order valence-corrected chi connectivity index (χ4v) is 5.82. The van der Waals surface area contributed by atoms with E-state index >= 15 is 0 Å². The normalized spacial score (nSPS) is 16.3. The molecule has 0 unspecified atom stereocenters. The van der Waals surface area contributed by atoms with E-state index in [2.05, 4.69) is 4.98 Å². The summed E-state index contributed by atoms with van der Waals surface area (Å²) < 4.78 is 43.6. The Morgan fingerprint density at radius 2 is 1.82 bits per heavy atom. The van der Waals surface area contributed by atoms with Gasteiger partial charge in [0.25, 0.3) is 0 Å². The zero-order chi connectivity index (χ0) is 24.3. The van der Waals surface area contributed by atoms with Crippen LogP contribution in [0.5, 0.6) is 11.5 Å². The monoisotopic (exact) mass is 484 g/mol. The van der Waals surface area contributed by atoms with E-state index in [4.69, 9.17) is 14.2 Å². The Morgan fingerprint density at radius 3 is 2.50 bits per heavy atom. The topological polar surface area (TPSA) is 95.0 Å². The van der Waals surface area contributed by atoms with E-state index in [1.54, 1.807) is 49.4 Å². The van der Waals surface area contributed by atoms with Crippen LogP contribution in [0.3, 0.4) is 0 Å². The maximum Gasteiger partial charge on any atom is 0.310 e. The third kappa shape index (κ3) is 4.40. The van der Waals surface area contributed by atoms with Gasteiger partial charge in [0, 0.05) is 30.7 Å². The molecule has 0 amide bonds. The third-order valence-electron chi connectivity index (χ3n) is 6.01. The molecule has 1 fully saturated rings. The van der Waals surface area contributed by atoms with Crippen LogP contribution in [0.15, 0.2) is 58.5 Å². The van der Waals surface area contributed by atoms with Crippen molar-refractivity contribution in [3.8, 4) is 11.5 Å². The predicted octanol–water partition coefficient (Wildman–Crippen LogP) is 3.86. The standard InChI is InChI=1S/C25H28N2O6S/c1-4-33-25(28)17-9-8-12-27(16-17)24-19-13-21(31-2)22(32-3)14-20(19)26-15-23(24)34(29,30)18-10-6-5-7-11-18/h5-7,10-11,13-15,17H,4,8-9,12,16H2,1-3H3/t17-/m0/s1. The minimum atomic E-state index is -3.89. The zero-order valence-electron chi connectivity index (χ0n) is 19.5. The number of piperidine rings is 1. The lowest BCUT2D eigenvalue weighted by Gasteiger charge is -2.35. The molecule has 0 spiro atoms. The van der Waals surface area contributed by atoms with Crippen molar-refractivity contribution >= 4 is 32.4 Å². The minimum Gasteiger partial charge on any atom is -0.493 e. The van der Waals surface area contributed by atoms with Gasteiger partial charge in [-0.1, -0.05) is 18.2 Å². The molecule has 3 aromatic rings. The highest BCUT2D eigenvalue weighted by Gasteiger charge is 2.32. The Hall–Kier alpha value is -3.33. The molecule has 1 saturated heterocycles. The Morgan fingerprint density at radius 1 is 1.12 bits per heavy atom. The third-order valence-corrected chi connectivity index (χ3v) is 7.78. The molecule has 0 radical (unpaired) electrons. The molecule has 180 valence electrons. The van der Waals surface area contributed by atoms with Gasteiger partial charge in [0.05, 0.1) is 42.8 Å². The van der Waals surface area contributed by atoms with Crippen molar-refractivity contribution in [2.75, 3.05) is 38.8 Å². The molecule has 0 N–H and O–H groups in total. The number of hydrogen-bond acceptors (Lipinski definition) is 8. The van der Waals surface area contributed by atoms with Crippen molar-refractivity contribution in [3.05, 3.63) is 48.7 Å². The van der Waals surface area contributed by atoms with Crippen molar-refractivity contribution in [1.29, 1.82) is 0 Å². The van der Waals surface area contributed by atoms with Gasteiger partial charge >= 0.3 is 5.97 Å². The number of fused-ring (bicyclic) bond motifs is 1. The number of carbonyl (C=O) groups excluding carboxylic acids is 1. The number of benzene rings is 2. The number of carbonyl (C=O) groups is 1. The summed E-state index contributed by atoms with van der Waals surface area (Å²) >= 11 is 0. The number of esters is 1. The quantitative estimate of drug-likeness (QED) is 0.467. The number of methoxy groups -OCH3 is 2. The molecular weight excluding hydrogens is 456 g/mol. The molecule has 8 nitrogen and oxygen atoms in total. The van der Waals surface area contributed by atoms with Gasteiger partial charge in [-0.3, -0.25) is 9.78 Å². The van der Waals surface area contributed by atoms with Crippen LogP contribution < -0.4 is 14.4 Å². The van der Waals surface area contributed by atoms with E-state index in [1.807, 2.05) is 4.90 Å². The highest BCUT2D eigenvalue weighted by Crippen LogP contribution is 2.41. The first-order valence-corrected chi connectivity index (χ1v) is 12.7. The molecule has 0 bridgehead atoms. The highest BCUT2D eigenvalue weighted by molar-refractivity contribution is 7.91. The first-order chi connectivity index (χ1) is 16.4. The van der Waals surface area contributed by atoms with Crippen LogP contribution in [0.2, 0.25) is 0 Å². The summed E-state index contributed by atoms with van der Waals surface area (Å²) in [5.74, 6) is 0.350. The number of nitrogens with zero attached hydrogens (tertiary/aromatic N) is 2. The molecule has 1 aliphatic rings. The fourth-order valence-electron chi connectivity index (χ4n) is 4.37. The van der Waals surface area contributed by atoms with Gasteiger partial charge in [-0.25, -0.2) is 8.42 Å². The SMILES string of the molecule is CCOC(=O)[C@H]1CCCN(c2c(S(=O)(=O)c3ccccc3)cnc3cc(OC)c(OC)cc23)C1. The molecule has 4 rings (SSSR count). The van der Waals surface area contributed by atoms with Crippen LogP contribution >= 0.6 is 0 Å². The van der Waals surface area contributed by atoms with Crippen LogP contribution in [0, 0.1) is 5.92 Å². The highest BCUT2D eigenvalue weighted by atomic mass is 32.2. The summed E-state index contributed by atoms with van der Waals surface area (Å²) in [6.07, 6.45) is 2.81. The smallest absolute Gasteiger partial charge is 0.310 e. The second kappa shape index (κ2) is 9.89. The first-order valence-electron chi connectivity index (χ1n) is 11.2. The number of sulfone groups is 1. The summed E-state index contributed by atoms with van der Waals surface area (Å²) in [5, 5.41) is 0.610. The van der Waals surface area contributed by atoms with E-state index in [0.717, 1.165) is 6.42 Å². The molecule has 2 aromatic carbocycles. The van der Waals surface area contributed by atoms with Crippen molar-refractivity contribution in [3.63, 3.8) is 0 Å². The average Bonchev–Trinajstić information content (AvgIpc) is 2.87. The van der Waals surface area contributed by atoms with Gasteiger partial charge in [0.1, 0.15) is 4.90 Å². The molecule has 0 saturated carbocycles. The van der Waals surface area contributed by atoms with Gasteiger partial charge in [-0.15, -0.1) is 0 Å². The van der Waals surface area contributed by atoms with E-state index in [-0.39, 0.29) is 21.7 Å². The summed E-state index contributed by atoms with van der Waals surface area (Å²) in [6, 6.07) is 11.7. The maximum atomic E-state index is 13.7. The number of pyridine rings is 1. The Bertz CT molecular complexity index is 1290. The fraction of sp³-hybridized carbons (Fsp3) is 0.360. The predicted molar refractivity (Wildman–Crippen MR) is 128 cm³/mol. The molecule has 2 heterocycles. The summed E-state index contributed by atoms with van der Waals surface area (Å²) in [4.78, 5) is 19.2. The van der Waals surface area contributed by atoms with E-state index in [1.165, 1.54) is 20.4 Å². The molecular formula is C25H28N2O6S. The summed E-state index contributed by atoms with van der Waals surface area (Å²) in [5.41, 5.74) is 1.07. The summed E-state index contributed by atoms with van der Waals surface area (Å²) in [7, 11) is -0.824. The largest absolute Gasteiger partial charge is 0.493 e. The second-order valence-corrected chi connectivity index (χ2v) is 9.97. The molecule has 1 aromatic heterocycles. The number of anilines is 1. The second-order valence-electron chi connectivity index (χ2n) is 8.05.